The van der Waals surface area contributed by atoms with Crippen LogP contribution in [0.25, 0.3) is 10.9 Å². The number of aryl methyl sites for hydroxylation is 3. The lowest BCUT2D eigenvalue weighted by Crippen LogP contribution is -2.08. The molecule has 2 heterocycles. The monoisotopic (exact) mass is 225 g/mol. The van der Waals surface area contributed by atoms with Gasteiger partial charge in [-0.15, -0.1) is 0 Å². The topological polar surface area (TPSA) is 22.8 Å². The molecule has 0 bridgehead atoms. The van der Waals surface area contributed by atoms with Gasteiger partial charge in [0, 0.05) is 30.1 Å². The summed E-state index contributed by atoms with van der Waals surface area (Å²) in [6, 6.07) is 12.7. The zero-order chi connectivity index (χ0) is 11.7. The predicted molar refractivity (Wildman–Crippen MR) is 68.9 cm³/mol. The highest BCUT2D eigenvalue weighted by Crippen LogP contribution is 2.18. The summed E-state index contributed by atoms with van der Waals surface area (Å²) in [4.78, 5) is 0. The first-order valence-corrected chi connectivity index (χ1v) is 5.87. The van der Waals surface area contributed by atoms with Gasteiger partial charge >= 0.3 is 0 Å². The quantitative estimate of drug-likeness (QED) is 0.672. The molecule has 0 unspecified atom stereocenters. The van der Waals surface area contributed by atoms with Crippen LogP contribution in [-0.4, -0.2) is 14.3 Å². The Hall–Kier alpha value is -2.03. The number of fused-ring (bicyclic) bond motifs is 1. The second kappa shape index (κ2) is 4.09. The number of hydrogen-bond acceptors (Lipinski definition) is 1. The lowest BCUT2D eigenvalue weighted by molar-refractivity contribution is 0.537. The maximum Gasteiger partial charge on any atom is 0.0588 e. The van der Waals surface area contributed by atoms with Gasteiger partial charge in [-0.25, -0.2) is 0 Å². The number of para-hydroxylation sites is 1. The average molecular weight is 225 g/mol. The molecule has 3 rings (SSSR count). The van der Waals surface area contributed by atoms with Crippen molar-refractivity contribution in [2.24, 2.45) is 0 Å². The van der Waals surface area contributed by atoms with Gasteiger partial charge in [-0.05, 0) is 30.5 Å². The molecule has 0 radical (unpaired) electrons. The highest BCUT2D eigenvalue weighted by Gasteiger charge is 2.04. The van der Waals surface area contributed by atoms with E-state index < -0.39 is 0 Å². The van der Waals surface area contributed by atoms with Gasteiger partial charge in [-0.1, -0.05) is 18.2 Å². The SMILES string of the molecule is Cc1cc2ccccc2n1CCn1cccn1. The van der Waals surface area contributed by atoms with Gasteiger partial charge < -0.3 is 4.57 Å². The van der Waals surface area contributed by atoms with E-state index in [9.17, 15) is 0 Å². The van der Waals surface area contributed by atoms with Gasteiger partial charge in [-0.2, -0.15) is 5.10 Å². The lowest BCUT2D eigenvalue weighted by atomic mass is 10.2. The molecular formula is C14H15N3. The van der Waals surface area contributed by atoms with Crippen LogP contribution in [0.3, 0.4) is 0 Å². The van der Waals surface area contributed by atoms with Crippen LogP contribution in [0.4, 0.5) is 0 Å². The molecule has 0 atom stereocenters. The molecule has 3 nitrogen and oxygen atoms in total. The van der Waals surface area contributed by atoms with Crippen molar-refractivity contribution in [3.8, 4) is 0 Å². The van der Waals surface area contributed by atoms with Crippen LogP contribution in [0.2, 0.25) is 0 Å². The summed E-state index contributed by atoms with van der Waals surface area (Å²) >= 11 is 0. The second-order valence-electron chi connectivity index (χ2n) is 4.27. The van der Waals surface area contributed by atoms with Crippen molar-refractivity contribution in [2.75, 3.05) is 0 Å². The molecule has 0 amide bonds. The standard InChI is InChI=1S/C14H15N3/c1-12-11-13-5-2-3-6-14(13)17(12)10-9-16-8-4-7-15-16/h2-8,11H,9-10H2,1H3. The third kappa shape index (κ3) is 1.84. The molecule has 86 valence electrons. The summed E-state index contributed by atoms with van der Waals surface area (Å²) in [6.07, 6.45) is 3.82. The second-order valence-corrected chi connectivity index (χ2v) is 4.27. The zero-order valence-electron chi connectivity index (χ0n) is 9.87. The molecule has 3 heteroatoms. The molecule has 0 aliphatic carbocycles. The minimum atomic E-state index is 0.909. The molecule has 0 fully saturated rings. The highest BCUT2D eigenvalue weighted by molar-refractivity contribution is 5.81. The Balaban J connectivity index is 1.92. The van der Waals surface area contributed by atoms with Gasteiger partial charge in [0.25, 0.3) is 0 Å². The third-order valence-electron chi connectivity index (χ3n) is 3.13. The molecular weight excluding hydrogens is 210 g/mol. The first-order chi connectivity index (χ1) is 8.34. The third-order valence-corrected chi connectivity index (χ3v) is 3.13. The van der Waals surface area contributed by atoms with Crippen molar-refractivity contribution < 1.29 is 0 Å². The molecule has 3 aromatic rings. The van der Waals surface area contributed by atoms with E-state index in [1.165, 1.54) is 16.6 Å². The summed E-state index contributed by atoms with van der Waals surface area (Å²) < 4.78 is 4.31. The Morgan fingerprint density at radius 3 is 2.82 bits per heavy atom. The van der Waals surface area contributed by atoms with Crippen LogP contribution in [-0.2, 0) is 13.1 Å². The Morgan fingerprint density at radius 1 is 1.12 bits per heavy atom. The van der Waals surface area contributed by atoms with E-state index in [1.54, 1.807) is 0 Å². The largest absolute Gasteiger partial charge is 0.343 e. The Labute approximate surface area is 100 Å². The van der Waals surface area contributed by atoms with E-state index >= 15 is 0 Å². The summed E-state index contributed by atoms with van der Waals surface area (Å²) in [5, 5.41) is 5.54. The van der Waals surface area contributed by atoms with E-state index in [2.05, 4.69) is 46.9 Å². The van der Waals surface area contributed by atoms with Crippen LogP contribution in [0.5, 0.6) is 0 Å². The number of benzene rings is 1. The highest BCUT2D eigenvalue weighted by atomic mass is 15.3. The number of nitrogens with zero attached hydrogens (tertiary/aromatic N) is 3. The normalized spacial score (nSPS) is 11.1. The molecule has 2 aromatic heterocycles. The van der Waals surface area contributed by atoms with Gasteiger partial charge in [0.05, 0.1) is 6.54 Å². The van der Waals surface area contributed by atoms with E-state index in [0.29, 0.717) is 0 Å². The molecule has 17 heavy (non-hydrogen) atoms. The molecule has 0 saturated carbocycles. The first kappa shape index (κ1) is 10.1. The van der Waals surface area contributed by atoms with Crippen molar-refractivity contribution >= 4 is 10.9 Å². The van der Waals surface area contributed by atoms with Crippen LogP contribution in [0.15, 0.2) is 48.8 Å². The van der Waals surface area contributed by atoms with Crippen LogP contribution >= 0.6 is 0 Å². The van der Waals surface area contributed by atoms with Crippen molar-refractivity contribution in [3.05, 3.63) is 54.5 Å². The predicted octanol–water partition coefficient (Wildman–Crippen LogP) is 2.85. The Morgan fingerprint density at radius 2 is 2.00 bits per heavy atom. The fourth-order valence-electron chi connectivity index (χ4n) is 2.28. The van der Waals surface area contributed by atoms with Gasteiger partial charge in [0.1, 0.15) is 0 Å². The fraction of sp³-hybridized carbons (Fsp3) is 0.214. The smallest absolute Gasteiger partial charge is 0.0588 e. The Bertz CT molecular complexity index is 620. The van der Waals surface area contributed by atoms with Crippen molar-refractivity contribution in [1.29, 1.82) is 0 Å². The van der Waals surface area contributed by atoms with Crippen molar-refractivity contribution in [1.82, 2.24) is 14.3 Å². The number of hydrogen-bond donors (Lipinski definition) is 0. The van der Waals surface area contributed by atoms with E-state index in [-0.39, 0.29) is 0 Å². The minimum absolute atomic E-state index is 0.909. The molecule has 0 aliphatic rings. The summed E-state index contributed by atoms with van der Waals surface area (Å²) in [5.41, 5.74) is 2.61. The average Bonchev–Trinajstić information content (AvgIpc) is 2.93. The van der Waals surface area contributed by atoms with E-state index in [4.69, 9.17) is 0 Å². The van der Waals surface area contributed by atoms with Crippen LogP contribution in [0, 0.1) is 6.92 Å². The number of aromatic nitrogens is 3. The lowest BCUT2D eigenvalue weighted by Gasteiger charge is -2.08. The molecule has 1 aromatic carbocycles. The van der Waals surface area contributed by atoms with Crippen molar-refractivity contribution in [2.45, 2.75) is 20.0 Å². The molecule has 0 spiro atoms. The van der Waals surface area contributed by atoms with Crippen molar-refractivity contribution in [3.63, 3.8) is 0 Å². The number of rotatable bonds is 3. The summed E-state index contributed by atoms with van der Waals surface area (Å²) in [7, 11) is 0. The van der Waals surface area contributed by atoms with E-state index in [1.807, 2.05) is 23.1 Å². The van der Waals surface area contributed by atoms with Crippen LogP contribution in [0.1, 0.15) is 5.69 Å². The van der Waals surface area contributed by atoms with Crippen LogP contribution < -0.4 is 0 Å². The first-order valence-electron chi connectivity index (χ1n) is 5.87. The molecule has 0 aliphatic heterocycles. The molecule has 0 N–H and O–H groups in total. The fourth-order valence-corrected chi connectivity index (χ4v) is 2.28. The minimum Gasteiger partial charge on any atom is -0.343 e. The maximum absolute atomic E-state index is 4.23. The summed E-state index contributed by atoms with van der Waals surface area (Å²) in [6.45, 7) is 4.02. The van der Waals surface area contributed by atoms with Gasteiger partial charge in [0.15, 0.2) is 0 Å². The maximum atomic E-state index is 4.23. The Kier molecular flexibility index (Phi) is 2.44. The summed E-state index contributed by atoms with van der Waals surface area (Å²) in [5.74, 6) is 0. The molecule has 0 saturated heterocycles. The van der Waals surface area contributed by atoms with E-state index in [0.717, 1.165) is 13.1 Å². The zero-order valence-corrected chi connectivity index (χ0v) is 9.87. The van der Waals surface area contributed by atoms with Gasteiger partial charge in [-0.3, -0.25) is 4.68 Å². The van der Waals surface area contributed by atoms with Gasteiger partial charge in [0.2, 0.25) is 0 Å².